The van der Waals surface area contributed by atoms with Crippen LogP contribution in [0.5, 0.6) is 5.75 Å². The van der Waals surface area contributed by atoms with Crippen molar-refractivity contribution in [2.24, 2.45) is 0 Å². The Balaban J connectivity index is 1.38. The molecule has 0 aliphatic carbocycles. The first kappa shape index (κ1) is 23.1. The normalized spacial score (nSPS) is 16.7. The van der Waals surface area contributed by atoms with Gasteiger partial charge in [-0.15, -0.1) is 0 Å². The van der Waals surface area contributed by atoms with Gasteiger partial charge in [-0.05, 0) is 61.4 Å². The number of nitrogens with zero attached hydrogens (tertiary/aromatic N) is 3. The van der Waals surface area contributed by atoms with Crippen LogP contribution < -0.4 is 9.64 Å². The van der Waals surface area contributed by atoms with Crippen molar-refractivity contribution in [1.29, 1.82) is 0 Å². The Hall–Kier alpha value is -3.71. The van der Waals surface area contributed by atoms with E-state index in [1.807, 2.05) is 60.9 Å². The van der Waals surface area contributed by atoms with E-state index < -0.39 is 11.9 Å². The van der Waals surface area contributed by atoms with E-state index >= 15 is 0 Å². The molecule has 1 amide bonds. The molecule has 180 valence electrons. The molecule has 2 atom stereocenters. The molecule has 2 heterocycles. The minimum absolute atomic E-state index is 0.124. The third-order valence-electron chi connectivity index (χ3n) is 6.63. The Morgan fingerprint density at radius 2 is 1.86 bits per heavy atom. The van der Waals surface area contributed by atoms with E-state index in [0.29, 0.717) is 18.1 Å². The Bertz CT molecular complexity index is 1380. The quantitative estimate of drug-likeness (QED) is 0.421. The number of fused-ring (bicyclic) bond motifs is 1. The maximum atomic E-state index is 14.4. The number of benzene rings is 3. The Morgan fingerprint density at radius 1 is 1.09 bits per heavy atom. The fourth-order valence-corrected chi connectivity index (χ4v) is 4.64. The predicted molar refractivity (Wildman–Crippen MR) is 133 cm³/mol. The highest BCUT2D eigenvalue weighted by Crippen LogP contribution is 2.34. The molecule has 6 nitrogen and oxygen atoms in total. The molecule has 5 rings (SSSR count). The summed E-state index contributed by atoms with van der Waals surface area (Å²) in [4.78, 5) is 19.1. The maximum Gasteiger partial charge on any atom is 0.227 e. The lowest BCUT2D eigenvalue weighted by atomic mass is 10.1. The number of rotatable bonds is 7. The van der Waals surface area contributed by atoms with E-state index in [-0.39, 0.29) is 37.1 Å². The van der Waals surface area contributed by atoms with E-state index in [0.717, 1.165) is 16.6 Å². The van der Waals surface area contributed by atoms with Gasteiger partial charge in [0.05, 0.1) is 23.3 Å². The summed E-state index contributed by atoms with van der Waals surface area (Å²) in [6, 6.07) is 19.9. The third kappa shape index (κ3) is 4.64. The summed E-state index contributed by atoms with van der Waals surface area (Å²) in [6.07, 6.45) is -0.555. The largest absolute Gasteiger partial charge is 0.491 e. The molecule has 3 aromatic carbocycles. The lowest BCUT2D eigenvalue weighted by Crippen LogP contribution is -2.27. The van der Waals surface area contributed by atoms with E-state index in [9.17, 15) is 14.3 Å². The maximum absolute atomic E-state index is 14.4. The number of aromatic nitrogens is 2. The van der Waals surface area contributed by atoms with Crippen LogP contribution in [0, 0.1) is 19.7 Å². The number of halogens is 1. The zero-order chi connectivity index (χ0) is 24.5. The molecule has 0 spiro atoms. The number of anilines is 1. The molecule has 35 heavy (non-hydrogen) atoms. The van der Waals surface area contributed by atoms with Crippen LogP contribution in [-0.4, -0.2) is 39.8 Å². The summed E-state index contributed by atoms with van der Waals surface area (Å²) in [7, 11) is 0. The molecule has 0 saturated carbocycles. The van der Waals surface area contributed by atoms with Gasteiger partial charge in [0.2, 0.25) is 5.91 Å². The molecule has 1 aliphatic heterocycles. The smallest absolute Gasteiger partial charge is 0.227 e. The van der Waals surface area contributed by atoms with E-state index in [1.54, 1.807) is 18.2 Å². The molecule has 1 N–H and O–H groups in total. The van der Waals surface area contributed by atoms with Gasteiger partial charge in [0.1, 0.15) is 30.1 Å². The van der Waals surface area contributed by atoms with E-state index in [4.69, 9.17) is 9.72 Å². The number of para-hydroxylation sites is 3. The second kappa shape index (κ2) is 9.50. The minimum atomic E-state index is -0.784. The predicted octanol–water partition coefficient (Wildman–Crippen LogP) is 4.75. The average Bonchev–Trinajstić information content (AvgIpc) is 3.41. The molecule has 0 radical (unpaired) electrons. The second-order valence-corrected chi connectivity index (χ2v) is 9.14. The van der Waals surface area contributed by atoms with Crippen LogP contribution in [0.2, 0.25) is 0 Å². The van der Waals surface area contributed by atoms with Crippen molar-refractivity contribution in [1.82, 2.24) is 9.55 Å². The molecular weight excluding hydrogens is 445 g/mol. The topological polar surface area (TPSA) is 67.6 Å². The average molecular weight is 474 g/mol. The molecule has 1 aliphatic rings. The highest BCUT2D eigenvalue weighted by atomic mass is 19.1. The Morgan fingerprint density at radius 3 is 2.66 bits per heavy atom. The molecule has 0 bridgehead atoms. The fraction of sp³-hybridized carbons (Fsp3) is 0.286. The van der Waals surface area contributed by atoms with Gasteiger partial charge in [-0.3, -0.25) is 4.79 Å². The van der Waals surface area contributed by atoms with Gasteiger partial charge in [-0.2, -0.15) is 0 Å². The zero-order valence-corrected chi connectivity index (χ0v) is 19.8. The van der Waals surface area contributed by atoms with Gasteiger partial charge in [0.15, 0.2) is 0 Å². The number of aryl methyl sites for hydroxylation is 2. The van der Waals surface area contributed by atoms with Gasteiger partial charge in [0.25, 0.3) is 0 Å². The van der Waals surface area contributed by atoms with Crippen molar-refractivity contribution in [3.63, 3.8) is 0 Å². The first-order valence-electron chi connectivity index (χ1n) is 11.8. The molecule has 4 aromatic rings. The second-order valence-electron chi connectivity index (χ2n) is 9.14. The standard InChI is InChI=1S/C28H28FN3O3/c1-18-11-12-22(13-19(18)2)35-17-21(33)16-32-26-10-6-4-8-24(26)30-28(32)20-14-27(34)31(15-20)25-9-5-3-7-23(25)29/h3-13,20-21,33H,14-17H2,1-2H3/t20-,21-/m0/s1. The van der Waals surface area contributed by atoms with Crippen molar-refractivity contribution in [2.45, 2.75) is 38.8 Å². The van der Waals surface area contributed by atoms with Gasteiger partial charge < -0.3 is 19.3 Å². The van der Waals surface area contributed by atoms with Crippen molar-refractivity contribution < 1.29 is 19.0 Å². The molecular formula is C28H28FN3O3. The highest BCUT2D eigenvalue weighted by Gasteiger charge is 2.36. The fourth-order valence-electron chi connectivity index (χ4n) is 4.64. The summed E-state index contributed by atoms with van der Waals surface area (Å²) in [5, 5.41) is 10.9. The van der Waals surface area contributed by atoms with Crippen molar-refractivity contribution in [3.05, 3.63) is 89.5 Å². The van der Waals surface area contributed by atoms with Crippen LogP contribution >= 0.6 is 0 Å². The third-order valence-corrected chi connectivity index (χ3v) is 6.63. The SMILES string of the molecule is Cc1ccc(OC[C@@H](O)Cn2c([C@H]3CC(=O)N(c4ccccc4F)C3)nc3ccccc32)cc1C. The summed E-state index contributed by atoms with van der Waals surface area (Å²) in [5.74, 6) is 0.641. The van der Waals surface area contributed by atoms with Crippen LogP contribution in [0.1, 0.15) is 29.3 Å². The number of ether oxygens (including phenoxy) is 1. The molecule has 1 saturated heterocycles. The first-order chi connectivity index (χ1) is 16.9. The van der Waals surface area contributed by atoms with E-state index in [1.165, 1.54) is 16.5 Å². The Labute approximate surface area is 203 Å². The van der Waals surface area contributed by atoms with E-state index in [2.05, 4.69) is 0 Å². The number of hydrogen-bond donors (Lipinski definition) is 1. The van der Waals surface area contributed by atoms with Gasteiger partial charge in [-0.1, -0.05) is 30.3 Å². The lowest BCUT2D eigenvalue weighted by molar-refractivity contribution is -0.117. The van der Waals surface area contributed by atoms with Crippen molar-refractivity contribution in [2.75, 3.05) is 18.1 Å². The van der Waals surface area contributed by atoms with Crippen LogP contribution in [0.3, 0.4) is 0 Å². The summed E-state index contributed by atoms with van der Waals surface area (Å²) < 4.78 is 22.2. The number of hydrogen-bond acceptors (Lipinski definition) is 4. The Kier molecular flexibility index (Phi) is 6.26. The molecule has 1 aromatic heterocycles. The van der Waals surface area contributed by atoms with Crippen molar-refractivity contribution >= 4 is 22.6 Å². The number of aliphatic hydroxyl groups is 1. The molecule has 1 fully saturated rings. The summed E-state index contributed by atoms with van der Waals surface area (Å²) in [6.45, 7) is 4.79. The summed E-state index contributed by atoms with van der Waals surface area (Å²) >= 11 is 0. The van der Waals surface area contributed by atoms with Crippen LogP contribution in [0.25, 0.3) is 11.0 Å². The highest BCUT2D eigenvalue weighted by molar-refractivity contribution is 5.96. The monoisotopic (exact) mass is 473 g/mol. The van der Waals surface area contributed by atoms with Gasteiger partial charge in [-0.25, -0.2) is 9.37 Å². The van der Waals surface area contributed by atoms with Crippen LogP contribution in [0.15, 0.2) is 66.7 Å². The number of carbonyl (C=O) groups is 1. The van der Waals surface area contributed by atoms with Crippen LogP contribution in [0.4, 0.5) is 10.1 Å². The van der Waals surface area contributed by atoms with Crippen molar-refractivity contribution in [3.8, 4) is 5.75 Å². The van der Waals surface area contributed by atoms with Gasteiger partial charge in [0, 0.05) is 18.9 Å². The first-order valence-corrected chi connectivity index (χ1v) is 11.8. The van der Waals surface area contributed by atoms with Gasteiger partial charge >= 0.3 is 0 Å². The number of aliphatic hydroxyl groups excluding tert-OH is 1. The minimum Gasteiger partial charge on any atom is -0.491 e. The molecule has 7 heteroatoms. The number of imidazole rings is 1. The number of carbonyl (C=O) groups excluding carboxylic acids is 1. The lowest BCUT2D eigenvalue weighted by Gasteiger charge is -2.19. The zero-order valence-electron chi connectivity index (χ0n) is 19.8. The molecule has 0 unspecified atom stereocenters. The van der Waals surface area contributed by atoms with Crippen LogP contribution in [-0.2, 0) is 11.3 Å². The summed E-state index contributed by atoms with van der Waals surface area (Å²) in [5.41, 5.74) is 4.27. The number of amides is 1.